The first kappa shape index (κ1) is 12.2. The van der Waals surface area contributed by atoms with Crippen LogP contribution >= 0.6 is 43.5 Å². The summed E-state index contributed by atoms with van der Waals surface area (Å²) in [6.45, 7) is 0. The summed E-state index contributed by atoms with van der Waals surface area (Å²) in [7, 11) is 0. The predicted octanol–water partition coefficient (Wildman–Crippen LogP) is 5.59. The molecule has 1 unspecified atom stereocenters. The van der Waals surface area contributed by atoms with Gasteiger partial charge < -0.3 is 0 Å². The van der Waals surface area contributed by atoms with Crippen LogP contribution in [0.2, 0.25) is 5.02 Å². The van der Waals surface area contributed by atoms with E-state index in [4.69, 9.17) is 11.6 Å². The Bertz CT molecular complexity index is 483. The lowest BCUT2D eigenvalue weighted by atomic mass is 10.1. The van der Waals surface area contributed by atoms with Gasteiger partial charge in [0.25, 0.3) is 0 Å². The van der Waals surface area contributed by atoms with Gasteiger partial charge in [-0.25, -0.2) is 0 Å². The summed E-state index contributed by atoms with van der Waals surface area (Å²) >= 11 is 13.3. The highest BCUT2D eigenvalue weighted by Crippen LogP contribution is 2.36. The number of benzene rings is 2. The minimum Gasteiger partial charge on any atom is -0.0839 e. The van der Waals surface area contributed by atoms with E-state index in [0.717, 1.165) is 15.1 Å². The quantitative estimate of drug-likeness (QED) is 0.613. The third-order valence-corrected chi connectivity index (χ3v) is 4.17. The van der Waals surface area contributed by atoms with Crippen LogP contribution in [0, 0.1) is 0 Å². The summed E-state index contributed by atoms with van der Waals surface area (Å²) < 4.78 is 0.994. The summed E-state index contributed by atoms with van der Waals surface area (Å²) in [6, 6.07) is 16.2. The van der Waals surface area contributed by atoms with Gasteiger partial charge >= 0.3 is 0 Å². The maximum atomic E-state index is 6.21. The summed E-state index contributed by atoms with van der Waals surface area (Å²) in [5.41, 5.74) is 2.28. The molecule has 0 radical (unpaired) electrons. The molecule has 0 fully saturated rings. The molecule has 2 rings (SSSR count). The fourth-order valence-electron chi connectivity index (χ4n) is 1.51. The molecule has 0 saturated heterocycles. The van der Waals surface area contributed by atoms with E-state index in [9.17, 15) is 0 Å². The second-order valence-electron chi connectivity index (χ2n) is 3.44. The Morgan fingerprint density at radius 2 is 1.69 bits per heavy atom. The average Bonchev–Trinajstić information content (AvgIpc) is 2.29. The highest BCUT2D eigenvalue weighted by molar-refractivity contribution is 9.10. The van der Waals surface area contributed by atoms with Crippen molar-refractivity contribution in [3.63, 3.8) is 0 Å². The van der Waals surface area contributed by atoms with Crippen molar-refractivity contribution in [2.45, 2.75) is 4.83 Å². The number of hydrogen-bond acceptors (Lipinski definition) is 0. The van der Waals surface area contributed by atoms with Gasteiger partial charge in [-0.2, -0.15) is 0 Å². The third kappa shape index (κ3) is 2.68. The standard InChI is InChI=1S/C13H9Br2Cl/c14-10-6-7-11(12(16)8-10)13(15)9-4-2-1-3-5-9/h1-8,13H. The Kier molecular flexibility index (Phi) is 4.06. The van der Waals surface area contributed by atoms with Gasteiger partial charge in [0.1, 0.15) is 0 Å². The first-order valence-corrected chi connectivity index (χ1v) is 6.91. The molecule has 0 nitrogen and oxygen atoms in total. The summed E-state index contributed by atoms with van der Waals surface area (Å²) in [5, 5.41) is 0.764. The van der Waals surface area contributed by atoms with E-state index in [2.05, 4.69) is 44.0 Å². The third-order valence-electron chi connectivity index (χ3n) is 2.33. The number of alkyl halides is 1. The molecule has 0 heterocycles. The lowest BCUT2D eigenvalue weighted by Crippen LogP contribution is -1.93. The molecule has 0 N–H and O–H groups in total. The van der Waals surface area contributed by atoms with Crippen molar-refractivity contribution in [2.75, 3.05) is 0 Å². The molecule has 0 aliphatic heterocycles. The predicted molar refractivity (Wildman–Crippen MR) is 76.4 cm³/mol. The minimum atomic E-state index is 0.134. The Morgan fingerprint density at radius 3 is 2.31 bits per heavy atom. The van der Waals surface area contributed by atoms with Crippen molar-refractivity contribution in [3.05, 3.63) is 69.2 Å². The van der Waals surface area contributed by atoms with E-state index in [1.807, 2.05) is 36.4 Å². The second kappa shape index (κ2) is 5.35. The Balaban J connectivity index is 2.38. The lowest BCUT2D eigenvalue weighted by molar-refractivity contribution is 1.18. The maximum Gasteiger partial charge on any atom is 0.0659 e. The van der Waals surface area contributed by atoms with Crippen molar-refractivity contribution in [1.29, 1.82) is 0 Å². The molecule has 16 heavy (non-hydrogen) atoms. The summed E-state index contributed by atoms with van der Waals surface area (Å²) in [4.78, 5) is 0.134. The molecule has 2 aromatic rings. The van der Waals surface area contributed by atoms with Crippen LogP contribution in [0.25, 0.3) is 0 Å². The number of hydrogen-bond donors (Lipinski definition) is 0. The molecule has 0 aliphatic rings. The van der Waals surface area contributed by atoms with Crippen molar-refractivity contribution in [1.82, 2.24) is 0 Å². The molecule has 0 bridgehead atoms. The zero-order chi connectivity index (χ0) is 11.5. The molecule has 2 aromatic carbocycles. The normalized spacial score (nSPS) is 12.4. The van der Waals surface area contributed by atoms with Crippen LogP contribution in [0.1, 0.15) is 16.0 Å². The highest BCUT2D eigenvalue weighted by atomic mass is 79.9. The highest BCUT2D eigenvalue weighted by Gasteiger charge is 2.13. The molecule has 3 heteroatoms. The summed E-state index contributed by atoms with van der Waals surface area (Å²) in [6.07, 6.45) is 0. The molecule has 0 aromatic heterocycles. The van der Waals surface area contributed by atoms with Crippen molar-refractivity contribution < 1.29 is 0 Å². The smallest absolute Gasteiger partial charge is 0.0659 e. The average molecular weight is 360 g/mol. The van der Waals surface area contributed by atoms with E-state index < -0.39 is 0 Å². The lowest BCUT2D eigenvalue weighted by Gasteiger charge is -2.12. The van der Waals surface area contributed by atoms with Crippen LogP contribution < -0.4 is 0 Å². The number of rotatable bonds is 2. The van der Waals surface area contributed by atoms with Crippen LogP contribution in [0.5, 0.6) is 0 Å². The van der Waals surface area contributed by atoms with Crippen molar-refractivity contribution in [3.8, 4) is 0 Å². The van der Waals surface area contributed by atoms with Gasteiger partial charge in [-0.15, -0.1) is 0 Å². The van der Waals surface area contributed by atoms with E-state index in [-0.39, 0.29) is 4.83 Å². The van der Waals surface area contributed by atoms with E-state index >= 15 is 0 Å². The largest absolute Gasteiger partial charge is 0.0839 e. The zero-order valence-corrected chi connectivity index (χ0v) is 12.3. The molecule has 82 valence electrons. The van der Waals surface area contributed by atoms with Gasteiger partial charge in [-0.1, -0.05) is 79.9 Å². The van der Waals surface area contributed by atoms with E-state index in [0.29, 0.717) is 0 Å². The zero-order valence-electron chi connectivity index (χ0n) is 8.33. The fourth-order valence-corrected chi connectivity index (χ4v) is 3.13. The van der Waals surface area contributed by atoms with Gasteiger partial charge in [0.15, 0.2) is 0 Å². The van der Waals surface area contributed by atoms with Gasteiger partial charge in [0.2, 0.25) is 0 Å². The van der Waals surface area contributed by atoms with Gasteiger partial charge in [0, 0.05) is 9.50 Å². The number of halogens is 3. The van der Waals surface area contributed by atoms with Crippen LogP contribution in [-0.2, 0) is 0 Å². The van der Waals surface area contributed by atoms with Crippen LogP contribution in [0.3, 0.4) is 0 Å². The monoisotopic (exact) mass is 358 g/mol. The molecule has 0 aliphatic carbocycles. The SMILES string of the molecule is Clc1cc(Br)ccc1C(Br)c1ccccc1. The Labute approximate surface area is 117 Å². The van der Waals surface area contributed by atoms with E-state index in [1.54, 1.807) is 0 Å². The van der Waals surface area contributed by atoms with E-state index in [1.165, 1.54) is 5.56 Å². The molecule has 0 spiro atoms. The molecular formula is C13H9Br2Cl. The topological polar surface area (TPSA) is 0 Å². The summed E-state index contributed by atoms with van der Waals surface area (Å²) in [5.74, 6) is 0. The first-order chi connectivity index (χ1) is 7.68. The van der Waals surface area contributed by atoms with Crippen LogP contribution in [0.15, 0.2) is 53.0 Å². The fraction of sp³-hybridized carbons (Fsp3) is 0.0769. The van der Waals surface area contributed by atoms with Crippen molar-refractivity contribution in [2.24, 2.45) is 0 Å². The Morgan fingerprint density at radius 1 is 1.00 bits per heavy atom. The first-order valence-electron chi connectivity index (χ1n) is 4.82. The maximum absolute atomic E-state index is 6.21. The van der Waals surface area contributed by atoms with Gasteiger partial charge in [0.05, 0.1) is 4.83 Å². The van der Waals surface area contributed by atoms with Gasteiger partial charge in [-0.05, 0) is 23.3 Å². The Hall–Kier alpha value is -0.310. The molecular weight excluding hydrogens is 351 g/mol. The minimum absolute atomic E-state index is 0.134. The van der Waals surface area contributed by atoms with Crippen molar-refractivity contribution >= 4 is 43.5 Å². The van der Waals surface area contributed by atoms with Crippen LogP contribution in [-0.4, -0.2) is 0 Å². The molecule has 1 atom stereocenters. The molecule has 0 saturated carbocycles. The van der Waals surface area contributed by atoms with Crippen LogP contribution in [0.4, 0.5) is 0 Å². The molecule has 0 amide bonds. The van der Waals surface area contributed by atoms with Gasteiger partial charge in [-0.3, -0.25) is 0 Å². The second-order valence-corrected chi connectivity index (χ2v) is 5.68.